The lowest BCUT2D eigenvalue weighted by atomic mass is 9.75. The fourth-order valence-corrected chi connectivity index (χ4v) is 3.73. The Kier molecular flexibility index (Phi) is 5.78. The number of allylic oxidation sites excluding steroid dienone is 3. The molecule has 1 heterocycles. The lowest BCUT2D eigenvalue weighted by Gasteiger charge is -2.34. The highest BCUT2D eigenvalue weighted by Gasteiger charge is 2.39. The first-order chi connectivity index (χ1) is 13.5. The fraction of sp³-hybridized carbons (Fsp3) is 0.318. The van der Waals surface area contributed by atoms with Crippen molar-refractivity contribution in [1.82, 2.24) is 5.32 Å². The van der Waals surface area contributed by atoms with Gasteiger partial charge in [-0.15, -0.1) is 0 Å². The van der Waals surface area contributed by atoms with E-state index in [-0.39, 0.29) is 12.4 Å². The SMILES string of the molecule is C=CCOC(=O)C1=C(C)NC2=C(C(=O)CCC2)[C@H]1c1ccc(C(=O)OC)cc1. The lowest BCUT2D eigenvalue weighted by molar-refractivity contribution is -0.138. The molecule has 6 nitrogen and oxygen atoms in total. The van der Waals surface area contributed by atoms with Gasteiger partial charge in [-0.25, -0.2) is 9.59 Å². The molecular formula is C22H23NO5. The number of esters is 2. The third-order valence-electron chi connectivity index (χ3n) is 4.99. The first kappa shape index (κ1) is 19.6. The first-order valence-corrected chi connectivity index (χ1v) is 9.18. The van der Waals surface area contributed by atoms with Crippen LogP contribution in [-0.2, 0) is 19.1 Å². The van der Waals surface area contributed by atoms with Gasteiger partial charge in [0.1, 0.15) is 6.61 Å². The van der Waals surface area contributed by atoms with Crippen molar-refractivity contribution in [2.75, 3.05) is 13.7 Å². The van der Waals surface area contributed by atoms with Crippen LogP contribution in [0.4, 0.5) is 0 Å². The van der Waals surface area contributed by atoms with E-state index in [4.69, 9.17) is 9.47 Å². The molecule has 3 rings (SSSR count). The van der Waals surface area contributed by atoms with Crippen LogP contribution in [-0.4, -0.2) is 31.4 Å². The van der Waals surface area contributed by atoms with Crippen molar-refractivity contribution in [3.8, 4) is 0 Å². The summed E-state index contributed by atoms with van der Waals surface area (Å²) in [5, 5.41) is 3.23. The number of ketones is 1. The van der Waals surface area contributed by atoms with Gasteiger partial charge in [0.15, 0.2) is 5.78 Å². The van der Waals surface area contributed by atoms with Crippen molar-refractivity contribution < 1.29 is 23.9 Å². The van der Waals surface area contributed by atoms with Gasteiger partial charge in [-0.1, -0.05) is 24.8 Å². The molecule has 6 heteroatoms. The maximum atomic E-state index is 12.8. The zero-order chi connectivity index (χ0) is 20.3. The molecule has 146 valence electrons. The number of Topliss-reactive ketones (excluding diaryl/α,β-unsaturated/α-hetero) is 1. The lowest BCUT2D eigenvalue weighted by Crippen LogP contribution is -2.34. The van der Waals surface area contributed by atoms with E-state index in [1.54, 1.807) is 24.3 Å². The molecule has 0 radical (unpaired) electrons. The predicted octanol–water partition coefficient (Wildman–Crippen LogP) is 3.17. The normalized spacial score (nSPS) is 18.9. The standard InChI is InChI=1S/C22H23NO5/c1-4-12-28-22(26)18-13(2)23-16-6-5-7-17(24)20(16)19(18)14-8-10-15(11-9-14)21(25)27-3/h4,8-11,19,23H,1,5-7,12H2,2-3H3/t19-/m0/s1. The van der Waals surface area contributed by atoms with E-state index in [1.165, 1.54) is 13.2 Å². The van der Waals surface area contributed by atoms with Crippen LogP contribution in [0.5, 0.6) is 0 Å². The number of ether oxygens (including phenoxy) is 2. The summed E-state index contributed by atoms with van der Waals surface area (Å²) in [4.78, 5) is 37.3. The van der Waals surface area contributed by atoms with Crippen LogP contribution < -0.4 is 5.32 Å². The zero-order valence-electron chi connectivity index (χ0n) is 16.0. The molecule has 0 bridgehead atoms. The number of benzene rings is 1. The highest BCUT2D eigenvalue weighted by atomic mass is 16.5. The third kappa shape index (κ3) is 3.63. The molecule has 1 aromatic carbocycles. The van der Waals surface area contributed by atoms with E-state index in [2.05, 4.69) is 11.9 Å². The van der Waals surface area contributed by atoms with Crippen molar-refractivity contribution in [2.45, 2.75) is 32.1 Å². The molecule has 0 fully saturated rings. The summed E-state index contributed by atoms with van der Waals surface area (Å²) in [6, 6.07) is 6.78. The van der Waals surface area contributed by atoms with Crippen LogP contribution in [0, 0.1) is 0 Å². The zero-order valence-corrected chi connectivity index (χ0v) is 16.0. The Bertz CT molecular complexity index is 892. The van der Waals surface area contributed by atoms with Gasteiger partial charge in [0.2, 0.25) is 0 Å². The Hall–Kier alpha value is -3.15. The van der Waals surface area contributed by atoms with E-state index in [0.717, 1.165) is 24.1 Å². The second-order valence-electron chi connectivity index (χ2n) is 6.77. The van der Waals surface area contributed by atoms with Crippen LogP contribution in [0.3, 0.4) is 0 Å². The average Bonchev–Trinajstić information content (AvgIpc) is 2.70. The summed E-state index contributed by atoms with van der Waals surface area (Å²) >= 11 is 0. The molecule has 0 amide bonds. The first-order valence-electron chi connectivity index (χ1n) is 9.18. The van der Waals surface area contributed by atoms with Gasteiger partial charge >= 0.3 is 11.9 Å². The Labute approximate surface area is 163 Å². The number of methoxy groups -OCH3 is 1. The summed E-state index contributed by atoms with van der Waals surface area (Å²) in [6.07, 6.45) is 3.48. The summed E-state index contributed by atoms with van der Waals surface area (Å²) in [5.41, 5.74) is 3.69. The van der Waals surface area contributed by atoms with Crippen molar-refractivity contribution >= 4 is 17.7 Å². The number of carbonyl (C=O) groups excluding carboxylic acids is 3. The van der Waals surface area contributed by atoms with E-state index in [1.807, 2.05) is 6.92 Å². The van der Waals surface area contributed by atoms with Gasteiger partial charge < -0.3 is 14.8 Å². The van der Waals surface area contributed by atoms with Gasteiger partial charge in [0.05, 0.1) is 18.2 Å². The predicted molar refractivity (Wildman–Crippen MR) is 103 cm³/mol. The Morgan fingerprint density at radius 3 is 2.57 bits per heavy atom. The molecule has 2 aliphatic rings. The molecule has 1 aliphatic carbocycles. The van der Waals surface area contributed by atoms with E-state index >= 15 is 0 Å². The molecule has 0 spiro atoms. The Balaban J connectivity index is 2.08. The minimum Gasteiger partial charge on any atom is -0.465 e. The molecule has 1 aliphatic heterocycles. The fourth-order valence-electron chi connectivity index (χ4n) is 3.73. The van der Waals surface area contributed by atoms with Gasteiger partial charge in [0.25, 0.3) is 0 Å². The van der Waals surface area contributed by atoms with Crippen LogP contribution in [0.2, 0.25) is 0 Å². The van der Waals surface area contributed by atoms with Gasteiger partial charge in [-0.2, -0.15) is 0 Å². The van der Waals surface area contributed by atoms with E-state index in [0.29, 0.717) is 28.8 Å². The maximum absolute atomic E-state index is 12.8. The van der Waals surface area contributed by atoms with Gasteiger partial charge in [0, 0.05) is 29.3 Å². The molecule has 0 saturated carbocycles. The number of rotatable bonds is 5. The Morgan fingerprint density at radius 1 is 1.21 bits per heavy atom. The second kappa shape index (κ2) is 8.25. The van der Waals surface area contributed by atoms with Crippen LogP contribution >= 0.6 is 0 Å². The molecule has 0 aromatic heterocycles. The number of nitrogens with one attached hydrogen (secondary N) is 1. The molecule has 1 N–H and O–H groups in total. The van der Waals surface area contributed by atoms with Crippen LogP contribution in [0.1, 0.15) is 48.0 Å². The van der Waals surface area contributed by atoms with Crippen molar-refractivity contribution in [3.05, 3.63) is 70.6 Å². The van der Waals surface area contributed by atoms with Crippen molar-refractivity contribution in [3.63, 3.8) is 0 Å². The highest BCUT2D eigenvalue weighted by Crippen LogP contribution is 2.42. The van der Waals surface area contributed by atoms with Crippen molar-refractivity contribution in [2.24, 2.45) is 0 Å². The number of hydrogen-bond donors (Lipinski definition) is 1. The highest BCUT2D eigenvalue weighted by molar-refractivity contribution is 6.03. The largest absolute Gasteiger partial charge is 0.465 e. The second-order valence-corrected chi connectivity index (χ2v) is 6.77. The minimum absolute atomic E-state index is 0.0253. The molecule has 1 atom stereocenters. The monoisotopic (exact) mass is 381 g/mol. The molecule has 1 aromatic rings. The average molecular weight is 381 g/mol. The summed E-state index contributed by atoms with van der Waals surface area (Å²) < 4.78 is 10.0. The Morgan fingerprint density at radius 2 is 1.93 bits per heavy atom. The molecule has 0 unspecified atom stereocenters. The molecular weight excluding hydrogens is 358 g/mol. The third-order valence-corrected chi connectivity index (χ3v) is 4.99. The molecule has 28 heavy (non-hydrogen) atoms. The topological polar surface area (TPSA) is 81.7 Å². The van der Waals surface area contributed by atoms with Crippen molar-refractivity contribution in [1.29, 1.82) is 0 Å². The quantitative estimate of drug-likeness (QED) is 0.623. The van der Waals surface area contributed by atoms with E-state index < -0.39 is 17.9 Å². The summed E-state index contributed by atoms with van der Waals surface area (Å²) in [5.74, 6) is -1.44. The van der Waals surface area contributed by atoms with Crippen LogP contribution in [0.15, 0.2) is 59.5 Å². The maximum Gasteiger partial charge on any atom is 0.337 e. The summed E-state index contributed by atoms with van der Waals surface area (Å²) in [6.45, 7) is 5.47. The van der Waals surface area contributed by atoms with Crippen LogP contribution in [0.25, 0.3) is 0 Å². The smallest absolute Gasteiger partial charge is 0.337 e. The minimum atomic E-state index is -0.534. The van der Waals surface area contributed by atoms with Gasteiger partial charge in [-0.3, -0.25) is 4.79 Å². The number of carbonyl (C=O) groups is 3. The molecule has 0 saturated heterocycles. The van der Waals surface area contributed by atoms with Gasteiger partial charge in [-0.05, 0) is 37.5 Å². The van der Waals surface area contributed by atoms with E-state index in [9.17, 15) is 14.4 Å². The number of dihydropyridines is 1. The summed E-state index contributed by atoms with van der Waals surface area (Å²) in [7, 11) is 1.32. The number of hydrogen-bond acceptors (Lipinski definition) is 6.